The summed E-state index contributed by atoms with van der Waals surface area (Å²) in [6.45, 7) is 4.05. The van der Waals surface area contributed by atoms with Gasteiger partial charge in [0.05, 0.1) is 0 Å². The van der Waals surface area contributed by atoms with Gasteiger partial charge in [-0.15, -0.1) is 0 Å². The van der Waals surface area contributed by atoms with Crippen molar-refractivity contribution in [2.45, 2.75) is 50.5 Å². The molecule has 2 nitrogen and oxygen atoms in total. The molecule has 3 aromatic carbocycles. The molecule has 1 fully saturated rings. The molecule has 3 aromatic rings. The Morgan fingerprint density at radius 2 is 1.41 bits per heavy atom. The highest BCUT2D eigenvalue weighted by atomic mass is 35.5. The quantitative estimate of drug-likeness (QED) is 0.299. The van der Waals surface area contributed by atoms with Gasteiger partial charge in [0.15, 0.2) is 11.6 Å². The number of hydrogen-bond donors (Lipinski definition) is 0. The van der Waals surface area contributed by atoms with Crippen LogP contribution in [-0.4, -0.2) is 16.8 Å². The third-order valence-electron chi connectivity index (χ3n) is 6.81. The monoisotopic (exact) mass is 490 g/mol. The van der Waals surface area contributed by atoms with E-state index < -0.39 is 0 Å². The molecular weight excluding hydrogens is 460 g/mol. The van der Waals surface area contributed by atoms with Gasteiger partial charge in [-0.05, 0) is 50.3 Å². The van der Waals surface area contributed by atoms with E-state index >= 15 is 0 Å². The minimum Gasteiger partial charge on any atom is -0.294 e. The SMILES string of the molecule is Cc1ccc(C(=O)C[C@H]2CCC[C@@H](SCc3ccc(Cl)cc3)[C@@H]2C(=O)c2ccc(C)cc2)cc1. The van der Waals surface area contributed by atoms with E-state index in [4.69, 9.17) is 11.6 Å². The van der Waals surface area contributed by atoms with Gasteiger partial charge >= 0.3 is 0 Å². The fraction of sp³-hybridized carbons (Fsp3) is 0.333. The Kier molecular flexibility index (Phi) is 8.28. The minimum atomic E-state index is -0.164. The van der Waals surface area contributed by atoms with Crippen LogP contribution in [0.2, 0.25) is 5.02 Å². The van der Waals surface area contributed by atoms with E-state index in [0.717, 1.165) is 52.3 Å². The highest BCUT2D eigenvalue weighted by Crippen LogP contribution is 2.42. The second-order valence-electron chi connectivity index (χ2n) is 9.42. The van der Waals surface area contributed by atoms with Crippen molar-refractivity contribution in [3.8, 4) is 0 Å². The third kappa shape index (κ3) is 6.20. The van der Waals surface area contributed by atoms with Gasteiger partial charge in [0.25, 0.3) is 0 Å². The summed E-state index contributed by atoms with van der Waals surface area (Å²) in [7, 11) is 0. The Hall–Kier alpha value is -2.36. The van der Waals surface area contributed by atoms with E-state index in [0.29, 0.717) is 6.42 Å². The fourth-order valence-electron chi connectivity index (χ4n) is 4.83. The molecule has 0 amide bonds. The summed E-state index contributed by atoms with van der Waals surface area (Å²) in [6, 6.07) is 23.6. The zero-order valence-electron chi connectivity index (χ0n) is 19.8. The highest BCUT2D eigenvalue weighted by molar-refractivity contribution is 7.99. The van der Waals surface area contributed by atoms with Gasteiger partial charge in [0.2, 0.25) is 0 Å². The lowest BCUT2D eigenvalue weighted by Crippen LogP contribution is -2.38. The van der Waals surface area contributed by atoms with E-state index in [9.17, 15) is 9.59 Å². The molecule has 0 spiro atoms. The number of ketones is 2. The van der Waals surface area contributed by atoms with Crippen LogP contribution in [0.5, 0.6) is 0 Å². The summed E-state index contributed by atoms with van der Waals surface area (Å²) in [5.41, 5.74) is 4.97. The van der Waals surface area contributed by atoms with Gasteiger partial charge in [-0.2, -0.15) is 11.8 Å². The molecule has 1 aliphatic carbocycles. The van der Waals surface area contributed by atoms with Gasteiger partial charge in [0, 0.05) is 39.5 Å². The second-order valence-corrected chi connectivity index (χ2v) is 11.1. The average molecular weight is 491 g/mol. The molecule has 4 heteroatoms. The molecule has 0 heterocycles. The maximum Gasteiger partial charge on any atom is 0.167 e. The number of aryl methyl sites for hydroxylation is 2. The van der Waals surface area contributed by atoms with Crippen LogP contribution < -0.4 is 0 Å². The Labute approximate surface area is 212 Å². The summed E-state index contributed by atoms with van der Waals surface area (Å²) in [4.78, 5) is 27.0. The number of benzene rings is 3. The predicted molar refractivity (Wildman–Crippen MR) is 143 cm³/mol. The minimum absolute atomic E-state index is 0.0547. The van der Waals surface area contributed by atoms with Crippen LogP contribution in [0.15, 0.2) is 72.8 Å². The summed E-state index contributed by atoms with van der Waals surface area (Å²) >= 11 is 7.89. The Bertz CT molecular complexity index is 1120. The van der Waals surface area contributed by atoms with Crippen molar-refractivity contribution in [2.75, 3.05) is 0 Å². The van der Waals surface area contributed by atoms with Crippen molar-refractivity contribution in [3.63, 3.8) is 0 Å². The molecule has 1 aliphatic rings. The lowest BCUT2D eigenvalue weighted by molar-refractivity contribution is 0.0793. The zero-order chi connectivity index (χ0) is 24.1. The largest absolute Gasteiger partial charge is 0.294 e. The Morgan fingerprint density at radius 1 is 0.824 bits per heavy atom. The van der Waals surface area contributed by atoms with Crippen molar-refractivity contribution < 1.29 is 9.59 Å². The van der Waals surface area contributed by atoms with E-state index in [1.54, 1.807) is 0 Å². The normalized spacial score (nSPS) is 20.1. The molecule has 0 radical (unpaired) electrons. The zero-order valence-corrected chi connectivity index (χ0v) is 21.4. The van der Waals surface area contributed by atoms with Crippen molar-refractivity contribution >= 4 is 34.9 Å². The maximum absolute atomic E-state index is 13.8. The molecule has 34 heavy (non-hydrogen) atoms. The molecule has 0 N–H and O–H groups in total. The van der Waals surface area contributed by atoms with E-state index in [-0.39, 0.29) is 28.7 Å². The van der Waals surface area contributed by atoms with Crippen molar-refractivity contribution in [3.05, 3.63) is 106 Å². The fourth-order valence-corrected chi connectivity index (χ4v) is 6.44. The molecule has 0 aliphatic heterocycles. The lowest BCUT2D eigenvalue weighted by Gasteiger charge is -2.37. The van der Waals surface area contributed by atoms with Gasteiger partial charge in [-0.25, -0.2) is 0 Å². The van der Waals surface area contributed by atoms with Crippen LogP contribution in [0.4, 0.5) is 0 Å². The number of hydrogen-bond acceptors (Lipinski definition) is 3. The van der Waals surface area contributed by atoms with Gasteiger partial charge < -0.3 is 0 Å². The van der Waals surface area contributed by atoms with E-state index in [2.05, 4.69) is 0 Å². The summed E-state index contributed by atoms with van der Waals surface area (Å²) < 4.78 is 0. The average Bonchev–Trinajstić information content (AvgIpc) is 2.84. The Morgan fingerprint density at radius 3 is 2.03 bits per heavy atom. The summed E-state index contributed by atoms with van der Waals surface area (Å²) in [6.07, 6.45) is 3.37. The number of halogens is 1. The van der Waals surface area contributed by atoms with Crippen LogP contribution in [0.3, 0.4) is 0 Å². The summed E-state index contributed by atoms with van der Waals surface area (Å²) in [5.74, 6) is 1.03. The standard InChI is InChI=1S/C30H31ClO2S/c1-20-6-12-23(13-7-20)27(32)18-25-4-3-5-28(34-19-22-10-16-26(31)17-11-22)29(25)30(33)24-14-8-21(2)9-15-24/h6-17,25,28-29H,3-5,18-19H2,1-2H3/t25-,28-,29-/m1/s1. The number of carbonyl (C=O) groups is 2. The first-order valence-corrected chi connectivity index (χ1v) is 13.4. The first-order valence-electron chi connectivity index (χ1n) is 12.0. The van der Waals surface area contributed by atoms with Crippen LogP contribution in [-0.2, 0) is 5.75 Å². The van der Waals surface area contributed by atoms with Gasteiger partial charge in [-0.1, -0.05) is 89.8 Å². The molecule has 0 unspecified atom stereocenters. The van der Waals surface area contributed by atoms with E-state index in [1.165, 1.54) is 5.56 Å². The number of thioether (sulfide) groups is 1. The molecule has 0 bridgehead atoms. The van der Waals surface area contributed by atoms with E-state index in [1.807, 2.05) is 98.4 Å². The number of Topliss-reactive ketones (excluding diaryl/α,β-unsaturated/α-hetero) is 2. The van der Waals surface area contributed by atoms with Gasteiger partial charge in [-0.3, -0.25) is 9.59 Å². The van der Waals surface area contributed by atoms with Crippen LogP contribution in [0.25, 0.3) is 0 Å². The topological polar surface area (TPSA) is 34.1 Å². The van der Waals surface area contributed by atoms with Crippen molar-refractivity contribution in [2.24, 2.45) is 11.8 Å². The van der Waals surface area contributed by atoms with Gasteiger partial charge in [0.1, 0.15) is 0 Å². The molecule has 1 saturated carbocycles. The first kappa shape index (κ1) is 24.8. The number of carbonyl (C=O) groups excluding carboxylic acids is 2. The second kappa shape index (κ2) is 11.4. The van der Waals surface area contributed by atoms with Crippen molar-refractivity contribution in [1.82, 2.24) is 0 Å². The molecule has 4 rings (SSSR count). The van der Waals surface area contributed by atoms with Crippen LogP contribution >= 0.6 is 23.4 Å². The molecular formula is C30H31ClO2S. The summed E-state index contributed by atoms with van der Waals surface area (Å²) in [5, 5.41) is 0.919. The van der Waals surface area contributed by atoms with Crippen LogP contribution in [0, 0.1) is 25.7 Å². The first-order chi connectivity index (χ1) is 16.4. The highest BCUT2D eigenvalue weighted by Gasteiger charge is 2.39. The molecule has 3 atom stereocenters. The molecule has 176 valence electrons. The number of rotatable bonds is 8. The third-order valence-corrected chi connectivity index (χ3v) is 8.52. The smallest absolute Gasteiger partial charge is 0.167 e. The molecule has 0 saturated heterocycles. The van der Waals surface area contributed by atoms with Crippen LogP contribution in [0.1, 0.15) is 63.1 Å². The van der Waals surface area contributed by atoms with Crippen molar-refractivity contribution in [1.29, 1.82) is 0 Å². The Balaban J connectivity index is 1.56. The predicted octanol–water partition coefficient (Wildman–Crippen LogP) is 8.13. The maximum atomic E-state index is 13.8. The lowest BCUT2D eigenvalue weighted by atomic mass is 9.72. The molecule has 0 aromatic heterocycles.